The van der Waals surface area contributed by atoms with Crippen molar-refractivity contribution in [2.24, 2.45) is 17.8 Å². The van der Waals surface area contributed by atoms with E-state index < -0.39 is 35.7 Å². The molecular formula is C8H10O6. The zero-order valence-corrected chi connectivity index (χ0v) is 7.47. The van der Waals surface area contributed by atoms with Crippen molar-refractivity contribution in [3.05, 3.63) is 0 Å². The average molecular weight is 202 g/mol. The lowest BCUT2D eigenvalue weighted by molar-refractivity contribution is -0.175. The number of aliphatic carboxylic acids is 2. The van der Waals surface area contributed by atoms with Gasteiger partial charge in [0, 0.05) is 0 Å². The third-order valence-corrected chi connectivity index (χ3v) is 2.48. The highest BCUT2D eigenvalue weighted by molar-refractivity contribution is 5.89. The molecule has 6 nitrogen and oxygen atoms in total. The number of hydrogen-bond acceptors (Lipinski definition) is 4. The number of carboxylic acids is 2. The molecule has 0 radical (unpaired) electrons. The highest BCUT2D eigenvalue weighted by atomic mass is 16.5. The summed E-state index contributed by atoms with van der Waals surface area (Å²) < 4.78 is 4.37. The van der Waals surface area contributed by atoms with Crippen LogP contribution in [0.2, 0.25) is 0 Å². The smallest absolute Gasteiger partial charge is 0.309 e. The molecule has 0 aromatic heterocycles. The van der Waals surface area contributed by atoms with Crippen molar-refractivity contribution in [3.8, 4) is 0 Å². The summed E-state index contributed by atoms with van der Waals surface area (Å²) in [5.74, 6) is -6.05. The fourth-order valence-electron chi connectivity index (χ4n) is 1.64. The van der Waals surface area contributed by atoms with Crippen molar-refractivity contribution < 1.29 is 29.3 Å². The maximum Gasteiger partial charge on any atom is 0.309 e. The minimum absolute atomic E-state index is 0.0406. The van der Waals surface area contributed by atoms with Gasteiger partial charge in [0.15, 0.2) is 0 Å². The molecule has 0 aromatic rings. The topological polar surface area (TPSA) is 101 Å². The first-order valence-electron chi connectivity index (χ1n) is 4.02. The first-order chi connectivity index (χ1) is 6.49. The number of ether oxygens (including phenoxy) is 1. The number of hydrogen-bond donors (Lipinski definition) is 2. The van der Waals surface area contributed by atoms with Crippen molar-refractivity contribution in [1.82, 2.24) is 0 Å². The van der Waals surface area contributed by atoms with E-state index in [1.54, 1.807) is 0 Å². The number of carbonyl (C=O) groups excluding carboxylic acids is 1. The SMILES string of the molecule is COC(=O)C1CC(C(=O)O)C1C(=O)O. The Labute approximate surface area is 79.5 Å². The number of carboxylic acid groups (broad SMARTS) is 2. The standard InChI is InChI=1S/C8H10O6/c1-14-8(13)4-2-3(6(9)10)5(4)7(11)12/h3-5H,2H2,1H3,(H,9,10)(H,11,12). The summed E-state index contributed by atoms with van der Waals surface area (Å²) in [6, 6.07) is 0. The molecule has 1 aliphatic carbocycles. The molecular weight excluding hydrogens is 192 g/mol. The van der Waals surface area contributed by atoms with Crippen LogP contribution in [0.5, 0.6) is 0 Å². The predicted molar refractivity (Wildman–Crippen MR) is 42.4 cm³/mol. The van der Waals surface area contributed by atoms with Crippen LogP contribution < -0.4 is 0 Å². The quantitative estimate of drug-likeness (QED) is 0.603. The van der Waals surface area contributed by atoms with Gasteiger partial charge in [-0.05, 0) is 6.42 Å². The lowest BCUT2D eigenvalue weighted by Crippen LogP contribution is -2.49. The van der Waals surface area contributed by atoms with Crippen molar-refractivity contribution in [3.63, 3.8) is 0 Å². The lowest BCUT2D eigenvalue weighted by atomic mass is 9.64. The fourth-order valence-corrected chi connectivity index (χ4v) is 1.64. The van der Waals surface area contributed by atoms with E-state index in [4.69, 9.17) is 10.2 Å². The average Bonchev–Trinajstić information content (AvgIpc) is 2.00. The molecule has 3 atom stereocenters. The Balaban J connectivity index is 2.73. The van der Waals surface area contributed by atoms with Gasteiger partial charge in [0.1, 0.15) is 0 Å². The van der Waals surface area contributed by atoms with Crippen LogP contribution in [0, 0.1) is 17.8 Å². The summed E-state index contributed by atoms with van der Waals surface area (Å²) in [7, 11) is 1.15. The Morgan fingerprint density at radius 2 is 1.71 bits per heavy atom. The van der Waals surface area contributed by atoms with Crippen LogP contribution in [0.3, 0.4) is 0 Å². The molecule has 0 bridgehead atoms. The van der Waals surface area contributed by atoms with Gasteiger partial charge >= 0.3 is 17.9 Å². The molecule has 3 unspecified atom stereocenters. The van der Waals surface area contributed by atoms with Crippen molar-refractivity contribution in [2.45, 2.75) is 6.42 Å². The van der Waals surface area contributed by atoms with Gasteiger partial charge in [0.2, 0.25) is 0 Å². The monoisotopic (exact) mass is 202 g/mol. The second kappa shape index (κ2) is 3.65. The Kier molecular flexibility index (Phi) is 2.73. The number of methoxy groups -OCH3 is 1. The highest BCUT2D eigenvalue weighted by Crippen LogP contribution is 2.41. The van der Waals surface area contributed by atoms with Crippen molar-refractivity contribution >= 4 is 17.9 Å². The van der Waals surface area contributed by atoms with E-state index in [1.807, 2.05) is 0 Å². The van der Waals surface area contributed by atoms with Crippen molar-refractivity contribution in [1.29, 1.82) is 0 Å². The molecule has 14 heavy (non-hydrogen) atoms. The zero-order valence-electron chi connectivity index (χ0n) is 7.47. The van der Waals surface area contributed by atoms with Gasteiger partial charge in [-0.25, -0.2) is 0 Å². The zero-order chi connectivity index (χ0) is 10.9. The molecule has 0 heterocycles. The minimum Gasteiger partial charge on any atom is -0.481 e. The van der Waals surface area contributed by atoms with E-state index in [-0.39, 0.29) is 6.42 Å². The van der Waals surface area contributed by atoms with E-state index in [9.17, 15) is 14.4 Å². The summed E-state index contributed by atoms with van der Waals surface area (Å²) in [4.78, 5) is 32.2. The molecule has 1 aliphatic rings. The fraction of sp³-hybridized carbons (Fsp3) is 0.625. The summed E-state index contributed by atoms with van der Waals surface area (Å²) in [5.41, 5.74) is 0. The van der Waals surface area contributed by atoms with Crippen LogP contribution in [0.25, 0.3) is 0 Å². The van der Waals surface area contributed by atoms with Gasteiger partial charge in [0.05, 0.1) is 24.9 Å². The third kappa shape index (κ3) is 1.55. The van der Waals surface area contributed by atoms with Gasteiger partial charge in [-0.15, -0.1) is 0 Å². The first kappa shape index (κ1) is 10.5. The Bertz CT molecular complexity index is 284. The third-order valence-electron chi connectivity index (χ3n) is 2.48. The Morgan fingerprint density at radius 3 is 2.07 bits per heavy atom. The summed E-state index contributed by atoms with van der Waals surface area (Å²) >= 11 is 0. The number of rotatable bonds is 3. The summed E-state index contributed by atoms with van der Waals surface area (Å²) in [6.45, 7) is 0. The molecule has 1 saturated carbocycles. The lowest BCUT2D eigenvalue weighted by Gasteiger charge is -2.36. The second-order valence-corrected chi connectivity index (χ2v) is 3.17. The second-order valence-electron chi connectivity index (χ2n) is 3.17. The molecule has 0 spiro atoms. The minimum atomic E-state index is -1.26. The number of carbonyl (C=O) groups is 3. The van der Waals surface area contributed by atoms with Gasteiger partial charge in [-0.3, -0.25) is 14.4 Å². The molecule has 0 amide bonds. The molecule has 2 N–H and O–H groups in total. The maximum absolute atomic E-state index is 11.0. The molecule has 0 saturated heterocycles. The molecule has 1 fully saturated rings. The molecule has 0 aliphatic heterocycles. The number of esters is 1. The van der Waals surface area contributed by atoms with Crippen LogP contribution >= 0.6 is 0 Å². The van der Waals surface area contributed by atoms with Gasteiger partial charge in [-0.1, -0.05) is 0 Å². The van der Waals surface area contributed by atoms with Crippen LogP contribution in [-0.4, -0.2) is 35.2 Å². The van der Waals surface area contributed by atoms with E-state index in [1.165, 1.54) is 0 Å². The largest absolute Gasteiger partial charge is 0.481 e. The molecule has 1 rings (SSSR count). The summed E-state index contributed by atoms with van der Waals surface area (Å²) in [5, 5.41) is 17.3. The van der Waals surface area contributed by atoms with Gasteiger partial charge in [0.25, 0.3) is 0 Å². The van der Waals surface area contributed by atoms with E-state index in [2.05, 4.69) is 4.74 Å². The van der Waals surface area contributed by atoms with Crippen LogP contribution in [0.15, 0.2) is 0 Å². The Hall–Kier alpha value is -1.59. The van der Waals surface area contributed by atoms with Crippen LogP contribution in [-0.2, 0) is 19.1 Å². The van der Waals surface area contributed by atoms with Crippen molar-refractivity contribution in [2.75, 3.05) is 7.11 Å². The van der Waals surface area contributed by atoms with Gasteiger partial charge in [-0.2, -0.15) is 0 Å². The first-order valence-corrected chi connectivity index (χ1v) is 4.02. The van der Waals surface area contributed by atoms with Gasteiger partial charge < -0.3 is 14.9 Å². The van der Waals surface area contributed by atoms with E-state index in [0.29, 0.717) is 0 Å². The predicted octanol–water partition coefficient (Wildman–Crippen LogP) is -0.419. The van der Waals surface area contributed by atoms with E-state index >= 15 is 0 Å². The van der Waals surface area contributed by atoms with Crippen LogP contribution in [0.4, 0.5) is 0 Å². The summed E-state index contributed by atoms with van der Waals surface area (Å²) in [6.07, 6.45) is 0.0406. The molecule has 0 aromatic carbocycles. The normalized spacial score (nSPS) is 30.2. The maximum atomic E-state index is 11.0. The molecule has 6 heteroatoms. The van der Waals surface area contributed by atoms with E-state index in [0.717, 1.165) is 7.11 Å². The van der Waals surface area contributed by atoms with Crippen LogP contribution in [0.1, 0.15) is 6.42 Å². The Morgan fingerprint density at radius 1 is 1.14 bits per heavy atom. The molecule has 78 valence electrons. The highest BCUT2D eigenvalue weighted by Gasteiger charge is 2.53.